The molecule has 2 aromatic carbocycles. The van der Waals surface area contributed by atoms with Gasteiger partial charge in [0.05, 0.1) is 0 Å². The van der Waals surface area contributed by atoms with Gasteiger partial charge < -0.3 is 25.7 Å². The lowest BCUT2D eigenvalue weighted by Gasteiger charge is -2.16. The largest absolute Gasteiger partial charge is 0.445 e. The van der Waals surface area contributed by atoms with Crippen molar-refractivity contribution in [1.82, 2.24) is 10.2 Å². The third-order valence-electron chi connectivity index (χ3n) is 5.05. The van der Waals surface area contributed by atoms with Gasteiger partial charge in [-0.05, 0) is 17.7 Å². The van der Waals surface area contributed by atoms with Crippen LogP contribution in [-0.2, 0) is 11.3 Å². The van der Waals surface area contributed by atoms with Crippen LogP contribution in [0, 0.1) is 5.53 Å². The number of carbonyl (C=O) groups is 3. The van der Waals surface area contributed by atoms with E-state index in [1.807, 2.05) is 30.3 Å². The number of amidine groups is 1. The molecule has 0 fully saturated rings. The van der Waals surface area contributed by atoms with Crippen molar-refractivity contribution in [1.29, 1.82) is 5.53 Å². The first-order valence-corrected chi connectivity index (χ1v) is 11.1. The molecule has 0 aliphatic heterocycles. The first-order valence-electron chi connectivity index (χ1n) is 11.1. The fourth-order valence-electron chi connectivity index (χ4n) is 3.28. The summed E-state index contributed by atoms with van der Waals surface area (Å²) in [5, 5.41) is 11.5. The topological polar surface area (TPSA) is 183 Å². The van der Waals surface area contributed by atoms with E-state index >= 15 is 0 Å². The zero-order chi connectivity index (χ0) is 26.8. The number of carbonyl (C=O) groups excluding carboxylic acids is 3. The molecule has 0 atom stereocenters. The SMILES string of the molecule is CN(Cc1ccccc1)C(=O)c1cc(=O)cc(C(=O)NCCC(=O)Nc2cccc(C(N)=NN=N)c2)o1. The highest BCUT2D eigenvalue weighted by Crippen LogP contribution is 2.12. The van der Waals surface area contributed by atoms with Crippen molar-refractivity contribution < 1.29 is 18.8 Å². The Morgan fingerprint density at radius 2 is 1.76 bits per heavy atom. The average Bonchev–Trinajstić information content (AvgIpc) is 2.88. The number of nitrogens with zero attached hydrogens (tertiary/aromatic N) is 3. The summed E-state index contributed by atoms with van der Waals surface area (Å²) in [6, 6.07) is 17.8. The molecule has 0 unspecified atom stereocenters. The summed E-state index contributed by atoms with van der Waals surface area (Å²) >= 11 is 0. The Bertz CT molecular complexity index is 1390. The molecule has 0 aliphatic rings. The molecule has 3 rings (SSSR count). The fraction of sp³-hybridized carbons (Fsp3) is 0.160. The van der Waals surface area contributed by atoms with Crippen LogP contribution >= 0.6 is 0 Å². The van der Waals surface area contributed by atoms with Gasteiger partial charge in [-0.1, -0.05) is 47.7 Å². The second-order valence-corrected chi connectivity index (χ2v) is 7.89. The molecule has 12 nitrogen and oxygen atoms in total. The van der Waals surface area contributed by atoms with Gasteiger partial charge in [-0.15, -0.1) is 5.10 Å². The lowest BCUT2D eigenvalue weighted by atomic mass is 10.2. The van der Waals surface area contributed by atoms with Gasteiger partial charge in [-0.2, -0.15) is 5.53 Å². The molecule has 3 aromatic rings. The van der Waals surface area contributed by atoms with Crippen LogP contribution in [0.1, 0.15) is 38.7 Å². The second kappa shape index (κ2) is 12.5. The Morgan fingerprint density at radius 3 is 2.49 bits per heavy atom. The third-order valence-corrected chi connectivity index (χ3v) is 5.05. The lowest BCUT2D eigenvalue weighted by Crippen LogP contribution is -2.30. The number of rotatable bonds is 10. The van der Waals surface area contributed by atoms with Gasteiger partial charge in [-0.25, -0.2) is 0 Å². The molecule has 0 saturated carbocycles. The van der Waals surface area contributed by atoms with E-state index in [9.17, 15) is 19.2 Å². The Balaban J connectivity index is 1.56. The molecule has 1 heterocycles. The van der Waals surface area contributed by atoms with E-state index in [2.05, 4.69) is 21.0 Å². The first kappa shape index (κ1) is 26.5. The highest BCUT2D eigenvalue weighted by atomic mass is 16.4. The van der Waals surface area contributed by atoms with E-state index in [4.69, 9.17) is 15.7 Å². The quantitative estimate of drug-likeness (QED) is 0.142. The molecule has 37 heavy (non-hydrogen) atoms. The van der Waals surface area contributed by atoms with Crippen LogP contribution in [0.15, 0.2) is 86.3 Å². The Labute approximate surface area is 211 Å². The van der Waals surface area contributed by atoms with Gasteiger partial charge in [-0.3, -0.25) is 19.2 Å². The van der Waals surface area contributed by atoms with Crippen LogP contribution in [0.4, 0.5) is 5.69 Å². The number of nitrogens with one attached hydrogen (secondary N) is 3. The van der Waals surface area contributed by atoms with E-state index in [1.165, 1.54) is 4.90 Å². The number of benzene rings is 2. The Kier molecular flexibility index (Phi) is 8.97. The highest BCUT2D eigenvalue weighted by Gasteiger charge is 2.19. The van der Waals surface area contributed by atoms with Gasteiger partial charge in [0.15, 0.2) is 22.8 Å². The van der Waals surface area contributed by atoms with E-state index in [-0.39, 0.29) is 36.9 Å². The summed E-state index contributed by atoms with van der Waals surface area (Å²) in [6.45, 7) is 0.234. The third kappa shape index (κ3) is 7.68. The number of anilines is 1. The second-order valence-electron chi connectivity index (χ2n) is 7.89. The maximum Gasteiger partial charge on any atom is 0.289 e. The van der Waals surface area contributed by atoms with Crippen molar-refractivity contribution in [2.24, 2.45) is 16.1 Å². The van der Waals surface area contributed by atoms with Gasteiger partial charge in [0.1, 0.15) is 0 Å². The molecule has 12 heteroatoms. The molecule has 0 radical (unpaired) electrons. The zero-order valence-electron chi connectivity index (χ0n) is 19.9. The maximum atomic E-state index is 12.7. The summed E-state index contributed by atoms with van der Waals surface area (Å²) in [5.41, 5.74) is 13.7. The molecule has 5 N–H and O–H groups in total. The van der Waals surface area contributed by atoms with Crippen LogP contribution in [0.5, 0.6) is 0 Å². The molecule has 190 valence electrons. The van der Waals surface area contributed by atoms with Crippen molar-refractivity contribution in [3.8, 4) is 0 Å². The maximum absolute atomic E-state index is 12.7. The molecule has 3 amide bonds. The molecule has 0 bridgehead atoms. The lowest BCUT2D eigenvalue weighted by molar-refractivity contribution is -0.116. The minimum Gasteiger partial charge on any atom is -0.445 e. The Morgan fingerprint density at radius 1 is 1.03 bits per heavy atom. The van der Waals surface area contributed by atoms with Crippen molar-refractivity contribution >= 4 is 29.2 Å². The molecule has 0 spiro atoms. The molecule has 1 aromatic heterocycles. The molecule has 0 saturated heterocycles. The van der Waals surface area contributed by atoms with Crippen molar-refractivity contribution in [3.05, 3.63) is 99.6 Å². The molecule has 0 aliphatic carbocycles. The van der Waals surface area contributed by atoms with Crippen LogP contribution in [0.3, 0.4) is 0 Å². The molecular formula is C25H25N7O5. The smallest absolute Gasteiger partial charge is 0.289 e. The van der Waals surface area contributed by atoms with E-state index in [0.29, 0.717) is 11.3 Å². The van der Waals surface area contributed by atoms with Crippen LogP contribution in [0.2, 0.25) is 0 Å². The standard InChI is InChI=1S/C25H25N7O5/c1-32(15-16-6-3-2-4-7-16)25(36)21-14-19(33)13-20(37-21)24(35)28-11-10-22(34)29-18-9-5-8-17(12-18)23(26)30-31-27/h2-9,12-14H,10-11,15H2,1H3,(H,28,35)(H,29,34)(H3,26,27,30). The zero-order valence-corrected chi connectivity index (χ0v) is 19.9. The normalized spacial score (nSPS) is 10.9. The van der Waals surface area contributed by atoms with E-state index in [0.717, 1.165) is 17.7 Å². The summed E-state index contributed by atoms with van der Waals surface area (Å²) in [7, 11) is 1.56. The number of nitrogens with two attached hydrogens (primary N) is 1. The minimum atomic E-state index is -0.740. The van der Waals surface area contributed by atoms with Crippen LogP contribution < -0.4 is 21.8 Å². The summed E-state index contributed by atoms with van der Waals surface area (Å²) < 4.78 is 5.40. The van der Waals surface area contributed by atoms with Gasteiger partial charge in [0, 0.05) is 49.9 Å². The predicted molar refractivity (Wildman–Crippen MR) is 135 cm³/mol. The molecular weight excluding hydrogens is 478 g/mol. The predicted octanol–water partition coefficient (Wildman–Crippen LogP) is 2.32. The summed E-state index contributed by atoms with van der Waals surface area (Å²) in [5.74, 6) is -2.28. The monoisotopic (exact) mass is 503 g/mol. The van der Waals surface area contributed by atoms with Gasteiger partial charge in [0.2, 0.25) is 5.91 Å². The van der Waals surface area contributed by atoms with Crippen molar-refractivity contribution in [2.75, 3.05) is 18.9 Å². The minimum absolute atomic E-state index is 0.0202. The summed E-state index contributed by atoms with van der Waals surface area (Å²) in [6.07, 6.45) is -0.0791. The average molecular weight is 504 g/mol. The van der Waals surface area contributed by atoms with Crippen LogP contribution in [-0.4, -0.2) is 42.0 Å². The number of hydrogen-bond donors (Lipinski definition) is 4. The van der Waals surface area contributed by atoms with Crippen LogP contribution in [0.25, 0.3) is 0 Å². The highest BCUT2D eigenvalue weighted by molar-refractivity contribution is 5.99. The fourth-order valence-corrected chi connectivity index (χ4v) is 3.28. The number of hydrogen-bond acceptors (Lipinski definition) is 7. The van der Waals surface area contributed by atoms with E-state index in [1.54, 1.807) is 31.3 Å². The first-order chi connectivity index (χ1) is 17.8. The Hall–Kier alpha value is -5.13. The number of amides is 3. The van der Waals surface area contributed by atoms with E-state index < -0.39 is 23.2 Å². The van der Waals surface area contributed by atoms with Crippen molar-refractivity contribution in [3.63, 3.8) is 0 Å². The summed E-state index contributed by atoms with van der Waals surface area (Å²) in [4.78, 5) is 51.0. The van der Waals surface area contributed by atoms with Gasteiger partial charge in [0.25, 0.3) is 11.8 Å². The van der Waals surface area contributed by atoms with Gasteiger partial charge >= 0.3 is 0 Å². The van der Waals surface area contributed by atoms with Crippen molar-refractivity contribution in [2.45, 2.75) is 13.0 Å².